The Morgan fingerprint density at radius 1 is 1.04 bits per heavy atom. The molecule has 0 radical (unpaired) electrons. The molecule has 1 saturated carbocycles. The van der Waals surface area contributed by atoms with E-state index in [2.05, 4.69) is 43.9 Å². The number of likely N-dealkylation sites (tertiary alicyclic amines) is 1. The molecule has 1 heterocycles. The zero-order chi connectivity index (χ0) is 16.2. The van der Waals surface area contributed by atoms with E-state index in [1.54, 1.807) is 0 Å². The molecule has 1 aliphatic heterocycles. The van der Waals surface area contributed by atoms with Gasteiger partial charge in [0.25, 0.3) is 5.91 Å². The summed E-state index contributed by atoms with van der Waals surface area (Å²) < 4.78 is 0. The minimum atomic E-state index is 0.216. The lowest BCUT2D eigenvalue weighted by Gasteiger charge is -2.39. The number of nitrogens with zero attached hydrogens (tertiary/aromatic N) is 1. The van der Waals surface area contributed by atoms with Gasteiger partial charge in [0.15, 0.2) is 0 Å². The van der Waals surface area contributed by atoms with Crippen molar-refractivity contribution in [3.8, 4) is 0 Å². The van der Waals surface area contributed by atoms with E-state index in [1.165, 1.54) is 6.42 Å². The summed E-state index contributed by atoms with van der Waals surface area (Å²) in [5, 5.41) is 2.22. The van der Waals surface area contributed by atoms with Crippen LogP contribution in [0.1, 0.15) is 50.4 Å². The third-order valence-electron chi connectivity index (χ3n) is 5.70. The van der Waals surface area contributed by atoms with Crippen molar-refractivity contribution in [1.29, 1.82) is 0 Å². The lowest BCUT2D eigenvalue weighted by molar-refractivity contribution is 0.0710. The predicted molar refractivity (Wildman–Crippen MR) is 94.5 cm³/mol. The number of carbonyl (C=O) groups excluding carboxylic acids is 1. The van der Waals surface area contributed by atoms with Gasteiger partial charge >= 0.3 is 0 Å². The molecular formula is C21H25NO. The monoisotopic (exact) mass is 307 g/mol. The van der Waals surface area contributed by atoms with Gasteiger partial charge in [0, 0.05) is 18.2 Å². The summed E-state index contributed by atoms with van der Waals surface area (Å²) in [6.45, 7) is 7.97. The first-order chi connectivity index (χ1) is 10.9. The standard InChI is InChI=1S/C21H25NO/c1-20(2)11-16-12-21(3,13-20)14-22(16)19(23)18-10-6-8-15-7-4-5-9-17(15)18/h4-10,16H,11-14H2,1-3H3/t16-,21+/m1/s1. The summed E-state index contributed by atoms with van der Waals surface area (Å²) in [5.74, 6) is 0.216. The second kappa shape index (κ2) is 4.83. The van der Waals surface area contributed by atoms with Gasteiger partial charge in [-0.05, 0) is 46.9 Å². The second-order valence-corrected chi connectivity index (χ2v) is 8.67. The number of carbonyl (C=O) groups is 1. The molecule has 0 spiro atoms. The molecule has 2 aliphatic rings. The van der Waals surface area contributed by atoms with Gasteiger partial charge in [0.05, 0.1) is 0 Å². The average molecular weight is 307 g/mol. The maximum atomic E-state index is 13.3. The van der Waals surface area contributed by atoms with Crippen LogP contribution in [0.5, 0.6) is 0 Å². The number of hydrogen-bond donors (Lipinski definition) is 0. The van der Waals surface area contributed by atoms with Gasteiger partial charge in [-0.25, -0.2) is 0 Å². The Labute approximate surface area is 138 Å². The van der Waals surface area contributed by atoms with Crippen molar-refractivity contribution in [2.75, 3.05) is 6.54 Å². The first kappa shape index (κ1) is 14.7. The normalized spacial score (nSPS) is 29.0. The maximum Gasteiger partial charge on any atom is 0.254 e. The molecule has 2 nitrogen and oxygen atoms in total. The molecule has 120 valence electrons. The fraction of sp³-hybridized carbons (Fsp3) is 0.476. The average Bonchev–Trinajstić information content (AvgIpc) is 2.75. The fourth-order valence-electron chi connectivity index (χ4n) is 5.26. The molecule has 23 heavy (non-hydrogen) atoms. The lowest BCUT2D eigenvalue weighted by Crippen LogP contribution is -2.37. The summed E-state index contributed by atoms with van der Waals surface area (Å²) >= 11 is 0. The Hall–Kier alpha value is -1.83. The van der Waals surface area contributed by atoms with Crippen LogP contribution in [0.4, 0.5) is 0 Å². The molecule has 4 rings (SSSR count). The quantitative estimate of drug-likeness (QED) is 0.735. The van der Waals surface area contributed by atoms with Crippen LogP contribution < -0.4 is 0 Å². The topological polar surface area (TPSA) is 20.3 Å². The van der Waals surface area contributed by atoms with Crippen LogP contribution in [0.15, 0.2) is 42.5 Å². The van der Waals surface area contributed by atoms with Gasteiger partial charge < -0.3 is 4.90 Å². The maximum absolute atomic E-state index is 13.3. The van der Waals surface area contributed by atoms with Gasteiger partial charge in [0.2, 0.25) is 0 Å². The SMILES string of the molecule is CC1(C)C[C@@H]2C[C@](C)(CN2C(=O)c2cccc3ccccc23)C1. The lowest BCUT2D eigenvalue weighted by atomic mass is 9.65. The first-order valence-corrected chi connectivity index (χ1v) is 8.66. The molecule has 2 aromatic rings. The van der Waals surface area contributed by atoms with Crippen LogP contribution in [0.25, 0.3) is 10.8 Å². The van der Waals surface area contributed by atoms with Crippen LogP contribution in [0.2, 0.25) is 0 Å². The summed E-state index contributed by atoms with van der Waals surface area (Å²) in [5.41, 5.74) is 1.48. The Morgan fingerprint density at radius 2 is 1.78 bits per heavy atom. The minimum absolute atomic E-state index is 0.216. The van der Waals surface area contributed by atoms with Crippen molar-refractivity contribution < 1.29 is 4.79 Å². The molecule has 2 bridgehead atoms. The molecule has 0 aromatic heterocycles. The van der Waals surface area contributed by atoms with Crippen LogP contribution in [-0.2, 0) is 0 Å². The molecule has 0 unspecified atom stereocenters. The smallest absolute Gasteiger partial charge is 0.254 e. The molecule has 2 aromatic carbocycles. The molecule has 1 amide bonds. The van der Waals surface area contributed by atoms with Gasteiger partial charge in [-0.15, -0.1) is 0 Å². The summed E-state index contributed by atoms with van der Waals surface area (Å²) in [4.78, 5) is 15.4. The minimum Gasteiger partial charge on any atom is -0.335 e. The Kier molecular flexibility index (Phi) is 3.10. The molecule has 0 N–H and O–H groups in total. The van der Waals surface area contributed by atoms with E-state index in [4.69, 9.17) is 0 Å². The van der Waals surface area contributed by atoms with Crippen molar-refractivity contribution in [3.63, 3.8) is 0 Å². The van der Waals surface area contributed by atoms with Gasteiger partial charge in [-0.1, -0.05) is 57.2 Å². The van der Waals surface area contributed by atoms with Gasteiger partial charge in [0.1, 0.15) is 0 Å². The zero-order valence-corrected chi connectivity index (χ0v) is 14.3. The van der Waals surface area contributed by atoms with E-state index in [-0.39, 0.29) is 11.3 Å². The van der Waals surface area contributed by atoms with Gasteiger partial charge in [-0.3, -0.25) is 4.79 Å². The van der Waals surface area contributed by atoms with Crippen LogP contribution in [0, 0.1) is 10.8 Å². The number of fused-ring (bicyclic) bond motifs is 3. The van der Waals surface area contributed by atoms with E-state index >= 15 is 0 Å². The Bertz CT molecular complexity index is 773. The highest BCUT2D eigenvalue weighted by molar-refractivity contribution is 6.07. The zero-order valence-electron chi connectivity index (χ0n) is 14.3. The molecular weight excluding hydrogens is 282 g/mol. The molecule has 1 aliphatic carbocycles. The van der Waals surface area contributed by atoms with Crippen molar-refractivity contribution in [3.05, 3.63) is 48.0 Å². The summed E-state index contributed by atoms with van der Waals surface area (Å²) in [6.07, 6.45) is 3.50. The van der Waals surface area contributed by atoms with E-state index in [9.17, 15) is 4.79 Å². The van der Waals surface area contributed by atoms with Crippen molar-refractivity contribution >= 4 is 16.7 Å². The second-order valence-electron chi connectivity index (χ2n) is 8.67. The number of benzene rings is 2. The van der Waals surface area contributed by atoms with Gasteiger partial charge in [-0.2, -0.15) is 0 Å². The van der Waals surface area contributed by atoms with E-state index in [0.717, 1.165) is 35.7 Å². The fourth-order valence-corrected chi connectivity index (χ4v) is 5.26. The first-order valence-electron chi connectivity index (χ1n) is 8.66. The van der Waals surface area contributed by atoms with Crippen molar-refractivity contribution in [2.24, 2.45) is 10.8 Å². The van der Waals surface area contributed by atoms with E-state index < -0.39 is 0 Å². The molecule has 2 atom stereocenters. The van der Waals surface area contributed by atoms with Crippen LogP contribution in [0.3, 0.4) is 0 Å². The van der Waals surface area contributed by atoms with Crippen LogP contribution in [-0.4, -0.2) is 23.4 Å². The van der Waals surface area contributed by atoms with E-state index in [1.807, 2.05) is 24.3 Å². The largest absolute Gasteiger partial charge is 0.335 e. The van der Waals surface area contributed by atoms with Crippen LogP contribution >= 0.6 is 0 Å². The summed E-state index contributed by atoms with van der Waals surface area (Å²) in [7, 11) is 0. The number of amides is 1. The Balaban J connectivity index is 1.72. The molecule has 2 heteroatoms. The van der Waals surface area contributed by atoms with E-state index in [0.29, 0.717) is 11.5 Å². The molecule has 2 fully saturated rings. The Morgan fingerprint density at radius 3 is 2.61 bits per heavy atom. The third-order valence-corrected chi connectivity index (χ3v) is 5.70. The third kappa shape index (κ3) is 2.45. The highest BCUT2D eigenvalue weighted by Gasteiger charge is 2.51. The number of hydrogen-bond acceptors (Lipinski definition) is 1. The summed E-state index contributed by atoms with van der Waals surface area (Å²) in [6, 6.07) is 14.7. The molecule has 1 saturated heterocycles. The highest BCUT2D eigenvalue weighted by atomic mass is 16.2. The van der Waals surface area contributed by atoms with Crippen molar-refractivity contribution in [2.45, 2.75) is 46.1 Å². The number of rotatable bonds is 1. The highest BCUT2D eigenvalue weighted by Crippen LogP contribution is 2.52. The van der Waals surface area contributed by atoms with Crippen molar-refractivity contribution in [1.82, 2.24) is 4.90 Å². The predicted octanol–water partition coefficient (Wildman–Crippen LogP) is 4.88.